The largest absolute Gasteiger partial charge is 0.465 e. The highest BCUT2D eigenvalue weighted by molar-refractivity contribution is 7.87. The quantitative estimate of drug-likeness (QED) is 0.857. The van der Waals surface area contributed by atoms with Gasteiger partial charge in [0.05, 0.1) is 6.04 Å². The number of carbonyl (C=O) groups excluding carboxylic acids is 1. The fourth-order valence-corrected chi connectivity index (χ4v) is 4.73. The molecule has 1 amide bonds. The maximum Gasteiger partial charge on any atom is 0.280 e. The average Bonchev–Trinajstić information content (AvgIpc) is 3.09. The highest BCUT2D eigenvalue weighted by Gasteiger charge is 2.38. The van der Waals surface area contributed by atoms with Crippen molar-refractivity contribution in [3.05, 3.63) is 23.7 Å². The van der Waals surface area contributed by atoms with Crippen molar-refractivity contribution in [3.63, 3.8) is 0 Å². The van der Waals surface area contributed by atoms with E-state index in [9.17, 15) is 13.2 Å². The number of furan rings is 1. The van der Waals surface area contributed by atoms with Crippen molar-refractivity contribution in [3.8, 4) is 0 Å². The molecule has 122 valence electrons. The molecule has 22 heavy (non-hydrogen) atoms. The molecule has 2 fully saturated rings. The van der Waals surface area contributed by atoms with Crippen molar-refractivity contribution >= 4 is 16.1 Å². The highest BCUT2D eigenvalue weighted by Crippen LogP contribution is 2.34. The Morgan fingerprint density at radius 2 is 2.18 bits per heavy atom. The van der Waals surface area contributed by atoms with Crippen molar-refractivity contribution < 1.29 is 17.6 Å². The van der Waals surface area contributed by atoms with Crippen LogP contribution in [0.1, 0.15) is 43.2 Å². The van der Waals surface area contributed by atoms with Crippen molar-refractivity contribution in [2.24, 2.45) is 0 Å². The fourth-order valence-electron chi connectivity index (χ4n) is 3.06. The van der Waals surface area contributed by atoms with Crippen LogP contribution in [-0.4, -0.2) is 37.8 Å². The highest BCUT2D eigenvalue weighted by atomic mass is 32.2. The van der Waals surface area contributed by atoms with Gasteiger partial charge in [-0.05, 0) is 38.3 Å². The summed E-state index contributed by atoms with van der Waals surface area (Å²) in [5.41, 5.74) is 0. The summed E-state index contributed by atoms with van der Waals surface area (Å²) in [6, 6.07) is 3.20. The van der Waals surface area contributed by atoms with Crippen LogP contribution in [0.4, 0.5) is 0 Å². The molecule has 1 aromatic heterocycles. The summed E-state index contributed by atoms with van der Waals surface area (Å²) in [6.45, 7) is 2.68. The molecule has 3 rings (SSSR count). The van der Waals surface area contributed by atoms with Crippen molar-refractivity contribution in [1.29, 1.82) is 0 Å². The zero-order chi connectivity index (χ0) is 15.7. The summed E-state index contributed by atoms with van der Waals surface area (Å²) >= 11 is 0. The third-order valence-electron chi connectivity index (χ3n) is 4.18. The Balaban J connectivity index is 1.72. The molecule has 0 radical (unpaired) electrons. The Kier molecular flexibility index (Phi) is 4.24. The number of amides is 1. The van der Waals surface area contributed by atoms with Crippen LogP contribution in [0.15, 0.2) is 16.5 Å². The summed E-state index contributed by atoms with van der Waals surface area (Å²) < 4.78 is 35.1. The number of nitrogens with one attached hydrogen (secondary N) is 2. The topological polar surface area (TPSA) is 91.7 Å². The lowest BCUT2D eigenvalue weighted by Gasteiger charge is -2.28. The van der Waals surface area contributed by atoms with Gasteiger partial charge in [0.25, 0.3) is 10.2 Å². The van der Waals surface area contributed by atoms with Crippen LogP contribution >= 0.6 is 0 Å². The van der Waals surface area contributed by atoms with Gasteiger partial charge >= 0.3 is 0 Å². The minimum atomic E-state index is -3.59. The van der Waals surface area contributed by atoms with Gasteiger partial charge in [-0.2, -0.15) is 17.4 Å². The minimum Gasteiger partial charge on any atom is -0.465 e. The van der Waals surface area contributed by atoms with Crippen LogP contribution < -0.4 is 10.0 Å². The maximum atomic E-state index is 12.6. The van der Waals surface area contributed by atoms with Crippen LogP contribution in [0.3, 0.4) is 0 Å². The van der Waals surface area contributed by atoms with Crippen molar-refractivity contribution in [2.45, 2.75) is 44.7 Å². The maximum absolute atomic E-state index is 12.6. The summed E-state index contributed by atoms with van der Waals surface area (Å²) in [7, 11) is -3.59. The van der Waals surface area contributed by atoms with E-state index >= 15 is 0 Å². The molecule has 8 heteroatoms. The van der Waals surface area contributed by atoms with Gasteiger partial charge in [-0.3, -0.25) is 4.79 Å². The lowest BCUT2D eigenvalue weighted by Crippen LogP contribution is -2.51. The standard InChI is InChI=1S/C14H21N3O4S/c1-10-4-6-13(21-10)12-3-2-8-17(12)22(19,20)16-11-5-7-14(18)15-9-11/h4,6,11-12,16H,2-3,5,7-9H2,1H3,(H,15,18)/t11-,12+/m1/s1. The third-order valence-corrected chi connectivity index (χ3v) is 5.87. The van der Waals surface area contributed by atoms with Crippen LogP contribution in [0.2, 0.25) is 0 Å². The van der Waals surface area contributed by atoms with Gasteiger partial charge < -0.3 is 9.73 Å². The van der Waals surface area contributed by atoms with E-state index in [-0.39, 0.29) is 18.0 Å². The second-order valence-electron chi connectivity index (χ2n) is 5.88. The number of aryl methyl sites for hydroxylation is 1. The predicted molar refractivity (Wildman–Crippen MR) is 80.2 cm³/mol. The molecule has 2 atom stereocenters. The summed E-state index contributed by atoms with van der Waals surface area (Å²) in [6.07, 6.45) is 2.46. The van der Waals surface area contributed by atoms with Gasteiger partial charge in [0.2, 0.25) is 5.91 Å². The van der Waals surface area contributed by atoms with Gasteiger partial charge in [-0.15, -0.1) is 0 Å². The average molecular weight is 327 g/mol. The van der Waals surface area contributed by atoms with Crippen LogP contribution in [0.25, 0.3) is 0 Å². The molecule has 2 aliphatic rings. The van der Waals surface area contributed by atoms with Crippen LogP contribution in [0.5, 0.6) is 0 Å². The molecular weight excluding hydrogens is 306 g/mol. The molecule has 0 spiro atoms. The lowest BCUT2D eigenvalue weighted by molar-refractivity contribution is -0.122. The molecular formula is C14H21N3O4S. The molecule has 2 aliphatic heterocycles. The number of piperidine rings is 1. The Morgan fingerprint density at radius 1 is 1.36 bits per heavy atom. The Hall–Kier alpha value is -1.38. The normalized spacial score (nSPS) is 27.0. The number of nitrogens with zero attached hydrogens (tertiary/aromatic N) is 1. The van der Waals surface area contributed by atoms with E-state index in [0.29, 0.717) is 31.7 Å². The smallest absolute Gasteiger partial charge is 0.280 e. The third kappa shape index (κ3) is 3.18. The molecule has 1 aromatic rings. The first-order valence-corrected chi connectivity index (χ1v) is 9.02. The zero-order valence-corrected chi connectivity index (χ0v) is 13.4. The first-order valence-electron chi connectivity index (χ1n) is 7.58. The minimum absolute atomic E-state index is 0.0273. The van der Waals surface area contributed by atoms with Crippen LogP contribution in [-0.2, 0) is 15.0 Å². The van der Waals surface area contributed by atoms with E-state index in [2.05, 4.69) is 10.0 Å². The van der Waals surface area contributed by atoms with Crippen molar-refractivity contribution in [1.82, 2.24) is 14.3 Å². The first-order chi connectivity index (χ1) is 10.5. The molecule has 0 unspecified atom stereocenters. The van der Waals surface area contributed by atoms with E-state index in [0.717, 1.165) is 18.6 Å². The Labute approximate surface area is 130 Å². The monoisotopic (exact) mass is 327 g/mol. The fraction of sp³-hybridized carbons (Fsp3) is 0.643. The molecule has 2 N–H and O–H groups in total. The lowest BCUT2D eigenvalue weighted by atomic mass is 10.1. The van der Waals surface area contributed by atoms with E-state index in [1.807, 2.05) is 19.1 Å². The van der Waals surface area contributed by atoms with E-state index in [4.69, 9.17) is 4.42 Å². The molecule has 0 saturated carbocycles. The molecule has 0 aliphatic carbocycles. The summed E-state index contributed by atoms with van der Waals surface area (Å²) in [4.78, 5) is 11.2. The number of carbonyl (C=O) groups is 1. The van der Waals surface area contributed by atoms with E-state index < -0.39 is 10.2 Å². The second kappa shape index (κ2) is 6.02. The van der Waals surface area contributed by atoms with Crippen molar-refractivity contribution in [2.75, 3.05) is 13.1 Å². The zero-order valence-electron chi connectivity index (χ0n) is 12.5. The van der Waals surface area contributed by atoms with Crippen LogP contribution in [0, 0.1) is 6.92 Å². The number of rotatable bonds is 4. The molecule has 2 saturated heterocycles. The molecule has 0 bridgehead atoms. The van der Waals surface area contributed by atoms with Gasteiger partial charge in [0.15, 0.2) is 0 Å². The van der Waals surface area contributed by atoms with Gasteiger partial charge in [-0.1, -0.05) is 0 Å². The Morgan fingerprint density at radius 3 is 2.82 bits per heavy atom. The molecule has 7 nitrogen and oxygen atoms in total. The molecule has 3 heterocycles. The summed E-state index contributed by atoms with van der Waals surface area (Å²) in [5.74, 6) is 1.44. The molecule has 0 aromatic carbocycles. The number of hydrogen-bond donors (Lipinski definition) is 2. The summed E-state index contributed by atoms with van der Waals surface area (Å²) in [5, 5.41) is 2.69. The van der Waals surface area contributed by atoms with Gasteiger partial charge in [0, 0.05) is 25.6 Å². The SMILES string of the molecule is Cc1ccc([C@@H]2CCCN2S(=O)(=O)N[C@@H]2CCC(=O)NC2)o1. The number of hydrogen-bond acceptors (Lipinski definition) is 4. The Bertz CT molecular complexity index is 645. The van der Waals surface area contributed by atoms with E-state index in [1.54, 1.807) is 0 Å². The van der Waals surface area contributed by atoms with Gasteiger partial charge in [-0.25, -0.2) is 0 Å². The first kappa shape index (κ1) is 15.5. The van der Waals surface area contributed by atoms with E-state index in [1.165, 1.54) is 4.31 Å². The predicted octanol–water partition coefficient (Wildman–Crippen LogP) is 0.838. The van der Waals surface area contributed by atoms with Gasteiger partial charge in [0.1, 0.15) is 11.5 Å². The second-order valence-corrected chi connectivity index (χ2v) is 7.53.